The first-order chi connectivity index (χ1) is 10.7. The zero-order valence-electron chi connectivity index (χ0n) is 13.3. The molecule has 114 valence electrons. The molecule has 0 radical (unpaired) electrons. The van der Waals surface area contributed by atoms with Crippen molar-refractivity contribution in [1.82, 2.24) is 19.6 Å². The molecule has 1 N–H and O–H groups in total. The fraction of sp³-hybridized carbons (Fsp3) is 0.353. The minimum absolute atomic E-state index is 0.634. The van der Waals surface area contributed by atoms with Crippen molar-refractivity contribution < 1.29 is 0 Å². The van der Waals surface area contributed by atoms with Crippen LogP contribution in [-0.2, 0) is 0 Å². The topological polar surface area (TPSA) is 55.1 Å². The molecule has 0 aliphatic carbocycles. The predicted octanol–water partition coefficient (Wildman–Crippen LogP) is 3.62. The van der Waals surface area contributed by atoms with Crippen LogP contribution in [0.1, 0.15) is 31.0 Å². The van der Waals surface area contributed by atoms with Gasteiger partial charge in [0.25, 0.3) is 5.78 Å². The van der Waals surface area contributed by atoms with E-state index >= 15 is 0 Å². The van der Waals surface area contributed by atoms with Gasteiger partial charge in [-0.1, -0.05) is 43.2 Å². The van der Waals surface area contributed by atoms with Crippen molar-refractivity contribution in [3.8, 4) is 11.4 Å². The molecule has 22 heavy (non-hydrogen) atoms. The summed E-state index contributed by atoms with van der Waals surface area (Å²) in [5, 5.41) is 8.04. The van der Waals surface area contributed by atoms with E-state index in [1.165, 1.54) is 5.56 Å². The fourth-order valence-corrected chi connectivity index (χ4v) is 2.33. The quantitative estimate of drug-likeness (QED) is 0.730. The second-order valence-corrected chi connectivity index (χ2v) is 5.58. The number of fused-ring (bicyclic) bond motifs is 1. The summed E-state index contributed by atoms with van der Waals surface area (Å²) in [6, 6.07) is 10.2. The Morgan fingerprint density at radius 3 is 2.59 bits per heavy atom. The maximum absolute atomic E-state index is 4.61. The van der Waals surface area contributed by atoms with Gasteiger partial charge in [0.15, 0.2) is 5.82 Å². The Morgan fingerprint density at radius 2 is 1.86 bits per heavy atom. The average molecular weight is 295 g/mol. The van der Waals surface area contributed by atoms with E-state index in [0.717, 1.165) is 36.5 Å². The maximum atomic E-state index is 4.61. The van der Waals surface area contributed by atoms with Crippen molar-refractivity contribution >= 4 is 11.6 Å². The highest BCUT2D eigenvalue weighted by Gasteiger charge is 2.11. The average Bonchev–Trinajstić information content (AvgIpc) is 2.92. The van der Waals surface area contributed by atoms with E-state index in [4.69, 9.17) is 0 Å². The normalized spacial score (nSPS) is 11.0. The van der Waals surface area contributed by atoms with E-state index in [0.29, 0.717) is 11.6 Å². The lowest BCUT2D eigenvalue weighted by molar-refractivity contribution is 0.819. The van der Waals surface area contributed by atoms with Crippen LogP contribution in [-0.4, -0.2) is 26.1 Å². The van der Waals surface area contributed by atoms with Gasteiger partial charge in [0, 0.05) is 23.9 Å². The van der Waals surface area contributed by atoms with E-state index < -0.39 is 0 Å². The molecule has 0 saturated carbocycles. The zero-order chi connectivity index (χ0) is 15.5. The molecule has 3 aromatic rings. The van der Waals surface area contributed by atoms with E-state index in [2.05, 4.69) is 46.4 Å². The SMILES string of the molecule is CCCCNc1cc(C)nc2nc(-c3ccc(C)cc3)nn12. The Morgan fingerprint density at radius 1 is 1.09 bits per heavy atom. The number of benzene rings is 1. The van der Waals surface area contributed by atoms with Gasteiger partial charge in [-0.05, 0) is 20.3 Å². The number of hydrogen-bond donors (Lipinski definition) is 1. The molecular weight excluding hydrogens is 274 g/mol. The first kappa shape index (κ1) is 14.5. The Bertz CT molecular complexity index is 774. The van der Waals surface area contributed by atoms with E-state index in [9.17, 15) is 0 Å². The van der Waals surface area contributed by atoms with Crippen molar-refractivity contribution in [2.75, 3.05) is 11.9 Å². The first-order valence-corrected chi connectivity index (χ1v) is 7.72. The number of hydrogen-bond acceptors (Lipinski definition) is 4. The number of aromatic nitrogens is 4. The first-order valence-electron chi connectivity index (χ1n) is 7.72. The summed E-state index contributed by atoms with van der Waals surface area (Å²) in [5.74, 6) is 2.29. The Hall–Kier alpha value is -2.43. The molecule has 0 unspecified atom stereocenters. The molecule has 0 bridgehead atoms. The van der Waals surface area contributed by atoms with E-state index in [1.54, 1.807) is 4.52 Å². The van der Waals surface area contributed by atoms with Crippen molar-refractivity contribution in [2.24, 2.45) is 0 Å². The van der Waals surface area contributed by atoms with Crippen LogP contribution in [0.25, 0.3) is 17.2 Å². The molecule has 5 heteroatoms. The highest BCUT2D eigenvalue weighted by molar-refractivity contribution is 5.59. The van der Waals surface area contributed by atoms with Gasteiger partial charge in [0.2, 0.25) is 0 Å². The van der Waals surface area contributed by atoms with Crippen LogP contribution < -0.4 is 5.32 Å². The van der Waals surface area contributed by atoms with E-state index in [-0.39, 0.29) is 0 Å². The fourth-order valence-electron chi connectivity index (χ4n) is 2.33. The summed E-state index contributed by atoms with van der Waals surface area (Å²) in [6.45, 7) is 7.15. The van der Waals surface area contributed by atoms with Crippen molar-refractivity contribution in [3.63, 3.8) is 0 Å². The lowest BCUT2D eigenvalue weighted by Gasteiger charge is -2.07. The molecule has 0 saturated heterocycles. The molecule has 0 aliphatic heterocycles. The van der Waals surface area contributed by atoms with Crippen LogP contribution in [0.4, 0.5) is 5.82 Å². The van der Waals surface area contributed by atoms with Crippen LogP contribution >= 0.6 is 0 Å². The van der Waals surface area contributed by atoms with Crippen LogP contribution in [0.5, 0.6) is 0 Å². The summed E-state index contributed by atoms with van der Waals surface area (Å²) in [7, 11) is 0. The number of nitrogens with one attached hydrogen (secondary N) is 1. The van der Waals surface area contributed by atoms with E-state index in [1.807, 2.05) is 25.1 Å². The van der Waals surface area contributed by atoms with Crippen LogP contribution in [0.15, 0.2) is 30.3 Å². The third-order valence-electron chi connectivity index (χ3n) is 3.59. The van der Waals surface area contributed by atoms with Crippen molar-refractivity contribution in [2.45, 2.75) is 33.6 Å². The van der Waals surface area contributed by atoms with Crippen LogP contribution in [0.3, 0.4) is 0 Å². The minimum Gasteiger partial charge on any atom is -0.370 e. The smallest absolute Gasteiger partial charge is 0.254 e. The lowest BCUT2D eigenvalue weighted by Crippen LogP contribution is -2.08. The molecule has 2 heterocycles. The standard InChI is InChI=1S/C17H21N5/c1-4-5-10-18-15-11-13(3)19-17-20-16(21-22(15)17)14-8-6-12(2)7-9-14/h6-9,11,18H,4-5,10H2,1-3H3. The number of rotatable bonds is 5. The molecule has 0 atom stereocenters. The van der Waals surface area contributed by atoms with Crippen molar-refractivity contribution in [3.05, 3.63) is 41.6 Å². The summed E-state index contributed by atoms with van der Waals surface area (Å²) in [6.07, 6.45) is 2.29. The van der Waals surface area contributed by atoms with Gasteiger partial charge < -0.3 is 5.32 Å². The predicted molar refractivity (Wildman–Crippen MR) is 89.1 cm³/mol. The van der Waals surface area contributed by atoms with Crippen molar-refractivity contribution in [1.29, 1.82) is 0 Å². The number of anilines is 1. The van der Waals surface area contributed by atoms with Crippen LogP contribution in [0, 0.1) is 13.8 Å². The Labute approximate surface area is 130 Å². The van der Waals surface area contributed by atoms with Crippen LogP contribution in [0.2, 0.25) is 0 Å². The number of aryl methyl sites for hydroxylation is 2. The summed E-state index contributed by atoms with van der Waals surface area (Å²) in [4.78, 5) is 9.04. The van der Waals surface area contributed by atoms with Gasteiger partial charge in [0.1, 0.15) is 5.82 Å². The second-order valence-electron chi connectivity index (χ2n) is 5.58. The lowest BCUT2D eigenvalue weighted by atomic mass is 10.1. The summed E-state index contributed by atoms with van der Waals surface area (Å²) in [5.41, 5.74) is 3.17. The largest absolute Gasteiger partial charge is 0.370 e. The third-order valence-corrected chi connectivity index (χ3v) is 3.59. The van der Waals surface area contributed by atoms with Gasteiger partial charge in [0.05, 0.1) is 0 Å². The van der Waals surface area contributed by atoms with Gasteiger partial charge in [-0.15, -0.1) is 5.10 Å². The highest BCUT2D eigenvalue weighted by atomic mass is 15.4. The molecule has 1 aromatic carbocycles. The molecule has 2 aromatic heterocycles. The third kappa shape index (κ3) is 2.93. The van der Waals surface area contributed by atoms with Gasteiger partial charge in [-0.2, -0.15) is 9.50 Å². The minimum atomic E-state index is 0.634. The molecule has 0 fully saturated rings. The molecule has 5 nitrogen and oxygen atoms in total. The molecule has 0 amide bonds. The zero-order valence-corrected chi connectivity index (χ0v) is 13.3. The highest BCUT2D eigenvalue weighted by Crippen LogP contribution is 2.19. The van der Waals surface area contributed by atoms with Gasteiger partial charge in [-0.25, -0.2) is 4.98 Å². The molecule has 0 aliphatic rings. The second kappa shape index (κ2) is 6.13. The Balaban J connectivity index is 2.01. The summed E-state index contributed by atoms with van der Waals surface area (Å²) >= 11 is 0. The summed E-state index contributed by atoms with van der Waals surface area (Å²) < 4.78 is 1.79. The number of unbranched alkanes of at least 4 members (excludes halogenated alkanes) is 1. The van der Waals surface area contributed by atoms with Gasteiger partial charge >= 0.3 is 0 Å². The van der Waals surface area contributed by atoms with Gasteiger partial charge in [-0.3, -0.25) is 0 Å². The Kier molecular flexibility index (Phi) is 4.04. The number of nitrogens with zero attached hydrogens (tertiary/aromatic N) is 4. The maximum Gasteiger partial charge on any atom is 0.254 e. The molecular formula is C17H21N5. The molecule has 0 spiro atoms. The molecule has 3 rings (SSSR count). The monoisotopic (exact) mass is 295 g/mol.